The molecule has 1 nitrogen and oxygen atoms in total. The summed E-state index contributed by atoms with van der Waals surface area (Å²) in [6, 6.07) is 5.65. The highest BCUT2D eigenvalue weighted by atomic mass is 35.5. The lowest BCUT2D eigenvalue weighted by atomic mass is 9.75. The van der Waals surface area contributed by atoms with E-state index in [2.05, 4.69) is 0 Å². The van der Waals surface area contributed by atoms with Gasteiger partial charge in [0.15, 0.2) is 0 Å². The highest BCUT2D eigenvalue weighted by Crippen LogP contribution is 2.50. The van der Waals surface area contributed by atoms with Gasteiger partial charge < -0.3 is 4.74 Å². The lowest BCUT2D eigenvalue weighted by molar-refractivity contribution is 0.0403. The Hall–Kier alpha value is 0.0500. The summed E-state index contributed by atoms with van der Waals surface area (Å²) in [4.78, 5) is 0. The summed E-state index contributed by atoms with van der Waals surface area (Å²) in [5.74, 6) is 1.32. The van der Waals surface area contributed by atoms with Crippen molar-refractivity contribution in [3.05, 3.63) is 33.8 Å². The summed E-state index contributed by atoms with van der Waals surface area (Å²) in [5.41, 5.74) is 1.11. The summed E-state index contributed by atoms with van der Waals surface area (Å²) < 4.78 is 5.97. The largest absolute Gasteiger partial charge is 0.377 e. The van der Waals surface area contributed by atoms with Gasteiger partial charge >= 0.3 is 0 Å². The van der Waals surface area contributed by atoms with E-state index < -0.39 is 0 Å². The Labute approximate surface area is 129 Å². The Balaban J connectivity index is 1.87. The number of hydrogen-bond acceptors (Lipinski definition) is 1. The number of hydrogen-bond donors (Lipinski definition) is 0. The Bertz CT molecular complexity index is 472. The molecule has 2 aliphatic rings. The fourth-order valence-electron chi connectivity index (χ4n) is 3.18. The van der Waals surface area contributed by atoms with Crippen molar-refractivity contribution in [2.45, 2.75) is 31.8 Å². The Kier molecular flexibility index (Phi) is 4.01. The van der Waals surface area contributed by atoms with E-state index in [9.17, 15) is 0 Å². The Morgan fingerprint density at radius 1 is 1.26 bits per heavy atom. The molecule has 0 aromatic heterocycles. The minimum atomic E-state index is 0.0248. The van der Waals surface area contributed by atoms with Crippen molar-refractivity contribution in [3.63, 3.8) is 0 Å². The van der Waals surface area contributed by atoms with E-state index in [4.69, 9.17) is 39.5 Å². The van der Waals surface area contributed by atoms with Gasteiger partial charge in [-0.2, -0.15) is 0 Å². The fraction of sp³-hybridized carbons (Fsp3) is 0.600. The van der Waals surface area contributed by atoms with Crippen LogP contribution in [-0.2, 0) is 11.2 Å². The molecule has 19 heavy (non-hydrogen) atoms. The van der Waals surface area contributed by atoms with E-state index in [0.717, 1.165) is 35.1 Å². The molecule has 1 aromatic rings. The van der Waals surface area contributed by atoms with Gasteiger partial charge in [0.25, 0.3) is 0 Å². The van der Waals surface area contributed by atoms with Gasteiger partial charge in [-0.1, -0.05) is 23.2 Å². The summed E-state index contributed by atoms with van der Waals surface area (Å²) in [6.45, 7) is 0.812. The second kappa shape index (κ2) is 5.44. The molecule has 0 amide bonds. The smallest absolute Gasteiger partial charge is 0.0674 e. The fourth-order valence-corrected chi connectivity index (χ4v) is 3.94. The zero-order chi connectivity index (χ0) is 13.5. The van der Waals surface area contributed by atoms with Gasteiger partial charge in [-0.3, -0.25) is 0 Å². The average Bonchev–Trinajstić information content (AvgIpc) is 3.16. The van der Waals surface area contributed by atoms with Crippen LogP contribution in [-0.4, -0.2) is 18.6 Å². The van der Waals surface area contributed by atoms with Gasteiger partial charge in [0.1, 0.15) is 0 Å². The lowest BCUT2D eigenvalue weighted by Gasteiger charge is -2.33. The molecule has 1 heterocycles. The second-order valence-corrected chi connectivity index (χ2v) is 6.90. The first kappa shape index (κ1) is 14.0. The monoisotopic (exact) mass is 318 g/mol. The summed E-state index contributed by atoms with van der Waals surface area (Å²) in [5, 5.41) is 1.50. The minimum absolute atomic E-state index is 0.0248. The molecule has 2 atom stereocenters. The molecule has 1 saturated heterocycles. The van der Waals surface area contributed by atoms with Crippen LogP contribution in [0.1, 0.15) is 24.8 Å². The van der Waals surface area contributed by atoms with Crippen LogP contribution in [0.4, 0.5) is 0 Å². The quantitative estimate of drug-likeness (QED) is 0.713. The van der Waals surface area contributed by atoms with Gasteiger partial charge in [0, 0.05) is 27.9 Å². The first-order valence-corrected chi connectivity index (χ1v) is 8.05. The van der Waals surface area contributed by atoms with E-state index in [1.807, 2.05) is 18.2 Å². The topological polar surface area (TPSA) is 9.23 Å². The third-order valence-corrected chi connectivity index (χ3v) is 5.50. The standard InChI is InChI=1S/C15H17Cl3O/c16-9-15(5-6-19-14(15)10-1-2-10)8-11-7-12(17)3-4-13(11)18/h3-4,7,10,14H,1-2,5-6,8-9H2. The summed E-state index contributed by atoms with van der Waals surface area (Å²) >= 11 is 18.7. The zero-order valence-electron chi connectivity index (χ0n) is 10.7. The van der Waals surface area contributed by atoms with E-state index in [1.165, 1.54) is 12.8 Å². The maximum atomic E-state index is 6.32. The second-order valence-electron chi connectivity index (χ2n) is 5.79. The van der Waals surface area contributed by atoms with Crippen LogP contribution in [0.2, 0.25) is 10.0 Å². The molecule has 3 rings (SSSR count). The van der Waals surface area contributed by atoms with Crippen molar-refractivity contribution in [2.24, 2.45) is 11.3 Å². The molecular formula is C15H17Cl3O. The predicted molar refractivity (Wildman–Crippen MR) is 80.4 cm³/mol. The average molecular weight is 320 g/mol. The molecule has 4 heteroatoms. The van der Waals surface area contributed by atoms with Gasteiger partial charge in [-0.15, -0.1) is 11.6 Å². The van der Waals surface area contributed by atoms with Crippen LogP contribution in [0.3, 0.4) is 0 Å². The predicted octanol–water partition coefficient (Wildman–Crippen LogP) is 4.96. The van der Waals surface area contributed by atoms with E-state index in [1.54, 1.807) is 0 Å². The van der Waals surface area contributed by atoms with Crippen LogP contribution < -0.4 is 0 Å². The van der Waals surface area contributed by atoms with Crippen LogP contribution in [0.25, 0.3) is 0 Å². The van der Waals surface area contributed by atoms with Crippen molar-refractivity contribution in [3.8, 4) is 0 Å². The van der Waals surface area contributed by atoms with Crippen molar-refractivity contribution < 1.29 is 4.74 Å². The number of halogens is 3. The third-order valence-electron chi connectivity index (χ3n) is 4.37. The van der Waals surface area contributed by atoms with Crippen LogP contribution in [0, 0.1) is 11.3 Å². The minimum Gasteiger partial charge on any atom is -0.377 e. The van der Waals surface area contributed by atoms with Crippen molar-refractivity contribution >= 4 is 34.8 Å². The summed E-state index contributed by atoms with van der Waals surface area (Å²) in [6.07, 6.45) is 4.71. The normalized spacial score (nSPS) is 30.8. The molecule has 104 valence electrons. The third kappa shape index (κ3) is 2.76. The molecule has 2 fully saturated rings. The van der Waals surface area contributed by atoms with E-state index >= 15 is 0 Å². The number of rotatable bonds is 4. The van der Waals surface area contributed by atoms with Crippen LogP contribution in [0.5, 0.6) is 0 Å². The van der Waals surface area contributed by atoms with Crippen LogP contribution >= 0.6 is 34.8 Å². The molecule has 1 aliphatic heterocycles. The first-order chi connectivity index (χ1) is 9.14. The molecule has 0 bridgehead atoms. The molecule has 0 radical (unpaired) electrons. The summed E-state index contributed by atoms with van der Waals surface area (Å²) in [7, 11) is 0. The highest BCUT2D eigenvalue weighted by molar-refractivity contribution is 6.33. The molecule has 1 aromatic carbocycles. The zero-order valence-corrected chi connectivity index (χ0v) is 12.9. The van der Waals surface area contributed by atoms with Gasteiger partial charge in [0.2, 0.25) is 0 Å². The van der Waals surface area contributed by atoms with Gasteiger partial charge in [-0.05, 0) is 55.4 Å². The van der Waals surface area contributed by atoms with Gasteiger partial charge in [-0.25, -0.2) is 0 Å². The molecular weight excluding hydrogens is 303 g/mol. The molecule has 1 aliphatic carbocycles. The lowest BCUT2D eigenvalue weighted by Crippen LogP contribution is -2.36. The van der Waals surface area contributed by atoms with Crippen molar-refractivity contribution in [1.29, 1.82) is 0 Å². The number of ether oxygens (including phenoxy) is 1. The molecule has 2 unspecified atom stereocenters. The molecule has 1 saturated carbocycles. The van der Waals surface area contributed by atoms with Crippen LogP contribution in [0.15, 0.2) is 18.2 Å². The van der Waals surface area contributed by atoms with Gasteiger partial charge in [0.05, 0.1) is 6.10 Å². The van der Waals surface area contributed by atoms with E-state index in [-0.39, 0.29) is 5.41 Å². The van der Waals surface area contributed by atoms with E-state index in [0.29, 0.717) is 17.9 Å². The Morgan fingerprint density at radius 2 is 2.05 bits per heavy atom. The van der Waals surface area contributed by atoms with Crippen molar-refractivity contribution in [2.75, 3.05) is 12.5 Å². The molecule has 0 spiro atoms. The maximum absolute atomic E-state index is 6.32. The Morgan fingerprint density at radius 3 is 2.74 bits per heavy atom. The highest BCUT2D eigenvalue weighted by Gasteiger charge is 2.50. The first-order valence-electron chi connectivity index (χ1n) is 6.76. The number of benzene rings is 1. The SMILES string of the molecule is ClCC1(Cc2cc(Cl)ccc2Cl)CCOC1C1CC1. The van der Waals surface area contributed by atoms with Crippen molar-refractivity contribution in [1.82, 2.24) is 0 Å². The maximum Gasteiger partial charge on any atom is 0.0674 e. The molecule has 0 N–H and O–H groups in total. The number of alkyl halides is 1.